The number of hydrogen-bond acceptors (Lipinski definition) is 6. The SMILES string of the molecule is CS(=O)(=O)c1cccc(N2CCN(c3cccc(C(F)(F)F)c3)CC2)c1[N+](=O)[O-]. The highest BCUT2D eigenvalue weighted by Gasteiger charge is 2.32. The van der Waals surface area contributed by atoms with Crippen LogP contribution in [0.4, 0.5) is 30.2 Å². The second-order valence-electron chi connectivity index (χ2n) is 6.68. The van der Waals surface area contributed by atoms with Crippen LogP contribution in [-0.2, 0) is 16.0 Å². The van der Waals surface area contributed by atoms with E-state index in [1.165, 1.54) is 24.3 Å². The van der Waals surface area contributed by atoms with Gasteiger partial charge in [-0.05, 0) is 30.3 Å². The van der Waals surface area contributed by atoms with Crippen LogP contribution in [-0.4, -0.2) is 45.8 Å². The normalized spacial score (nSPS) is 15.4. The van der Waals surface area contributed by atoms with E-state index in [1.807, 2.05) is 0 Å². The Morgan fingerprint density at radius 2 is 1.59 bits per heavy atom. The van der Waals surface area contributed by atoms with E-state index in [0.717, 1.165) is 18.4 Å². The number of nitro groups is 1. The van der Waals surface area contributed by atoms with Crippen LogP contribution in [0, 0.1) is 10.1 Å². The fourth-order valence-corrected chi connectivity index (χ4v) is 4.19. The molecular formula is C18H18F3N3O4S. The first-order chi connectivity index (χ1) is 13.5. The van der Waals surface area contributed by atoms with Gasteiger partial charge in [0.15, 0.2) is 9.84 Å². The van der Waals surface area contributed by atoms with E-state index in [1.54, 1.807) is 15.9 Å². The highest BCUT2D eigenvalue weighted by Crippen LogP contribution is 2.36. The topological polar surface area (TPSA) is 83.8 Å². The Morgan fingerprint density at radius 1 is 1.00 bits per heavy atom. The zero-order valence-corrected chi connectivity index (χ0v) is 16.2. The van der Waals surface area contributed by atoms with Crippen LogP contribution >= 0.6 is 0 Å². The van der Waals surface area contributed by atoms with Gasteiger partial charge in [-0.2, -0.15) is 13.2 Å². The minimum absolute atomic E-state index is 0.182. The molecule has 1 aliphatic heterocycles. The quantitative estimate of drug-likeness (QED) is 0.548. The van der Waals surface area contributed by atoms with Crippen molar-refractivity contribution in [2.45, 2.75) is 11.1 Å². The molecule has 0 saturated carbocycles. The van der Waals surface area contributed by atoms with E-state index in [4.69, 9.17) is 0 Å². The number of halogens is 3. The number of para-hydroxylation sites is 1. The minimum Gasteiger partial charge on any atom is -0.368 e. The van der Waals surface area contributed by atoms with Crippen molar-refractivity contribution in [3.8, 4) is 0 Å². The zero-order valence-electron chi connectivity index (χ0n) is 15.4. The minimum atomic E-state index is -4.44. The van der Waals surface area contributed by atoms with Crippen molar-refractivity contribution in [2.75, 3.05) is 42.2 Å². The van der Waals surface area contributed by atoms with E-state index in [9.17, 15) is 31.7 Å². The van der Waals surface area contributed by atoms with Crippen LogP contribution < -0.4 is 9.80 Å². The molecule has 0 spiro atoms. The molecule has 11 heteroatoms. The van der Waals surface area contributed by atoms with Crippen LogP contribution in [0.15, 0.2) is 47.4 Å². The van der Waals surface area contributed by atoms with Crippen molar-refractivity contribution in [3.63, 3.8) is 0 Å². The molecule has 1 heterocycles. The Labute approximate surface area is 165 Å². The van der Waals surface area contributed by atoms with Crippen LogP contribution in [0.25, 0.3) is 0 Å². The largest absolute Gasteiger partial charge is 0.416 e. The highest BCUT2D eigenvalue weighted by molar-refractivity contribution is 7.90. The van der Waals surface area contributed by atoms with E-state index in [0.29, 0.717) is 31.9 Å². The molecule has 156 valence electrons. The number of alkyl halides is 3. The molecule has 1 fully saturated rings. The predicted molar refractivity (Wildman–Crippen MR) is 102 cm³/mol. The average molecular weight is 429 g/mol. The van der Waals surface area contributed by atoms with Gasteiger partial charge in [0.2, 0.25) is 0 Å². The number of nitro benzene ring substituents is 1. The second-order valence-corrected chi connectivity index (χ2v) is 8.66. The number of sulfone groups is 1. The molecule has 0 bridgehead atoms. The lowest BCUT2D eigenvalue weighted by molar-refractivity contribution is -0.387. The van der Waals surface area contributed by atoms with Gasteiger partial charge in [-0.25, -0.2) is 8.42 Å². The molecule has 1 saturated heterocycles. The Hall–Kier alpha value is -2.82. The molecule has 0 unspecified atom stereocenters. The van der Waals surface area contributed by atoms with Crippen molar-refractivity contribution in [1.82, 2.24) is 0 Å². The lowest BCUT2D eigenvalue weighted by atomic mass is 10.1. The number of nitrogens with zero attached hydrogens (tertiary/aromatic N) is 3. The maximum Gasteiger partial charge on any atom is 0.416 e. The first kappa shape index (κ1) is 20.9. The van der Waals surface area contributed by atoms with Gasteiger partial charge in [-0.15, -0.1) is 0 Å². The molecule has 0 aromatic heterocycles. The molecule has 2 aromatic rings. The van der Waals surface area contributed by atoms with Crippen molar-refractivity contribution >= 4 is 26.9 Å². The van der Waals surface area contributed by atoms with Gasteiger partial charge in [-0.3, -0.25) is 10.1 Å². The van der Waals surface area contributed by atoms with Gasteiger partial charge in [-0.1, -0.05) is 12.1 Å². The Kier molecular flexibility index (Phi) is 5.44. The number of anilines is 2. The zero-order chi connectivity index (χ0) is 21.4. The molecule has 0 N–H and O–H groups in total. The van der Waals surface area contributed by atoms with Gasteiger partial charge in [0.05, 0.1) is 10.5 Å². The standard InChI is InChI=1S/C18H18F3N3O4S/c1-29(27,28)16-7-3-6-15(17(16)24(25)26)23-10-8-22(9-11-23)14-5-2-4-13(12-14)18(19,20)21/h2-7,12H,8-11H2,1H3. The Balaban J connectivity index is 1.84. The van der Waals surface area contributed by atoms with Crippen LogP contribution in [0.1, 0.15) is 5.56 Å². The molecule has 0 amide bonds. The number of piperazine rings is 1. The number of rotatable bonds is 4. The third kappa shape index (κ3) is 4.44. The first-order valence-corrected chi connectivity index (χ1v) is 10.5. The summed E-state index contributed by atoms with van der Waals surface area (Å²) < 4.78 is 62.6. The van der Waals surface area contributed by atoms with E-state index in [2.05, 4.69) is 0 Å². The molecule has 0 radical (unpaired) electrons. The Bertz CT molecular complexity index is 1030. The highest BCUT2D eigenvalue weighted by atomic mass is 32.2. The van der Waals surface area contributed by atoms with Gasteiger partial charge >= 0.3 is 11.9 Å². The molecule has 29 heavy (non-hydrogen) atoms. The predicted octanol–water partition coefficient (Wildman–Crippen LogP) is 3.34. The Morgan fingerprint density at radius 3 is 2.14 bits per heavy atom. The summed E-state index contributed by atoms with van der Waals surface area (Å²) in [5.41, 5.74) is -0.628. The molecule has 2 aromatic carbocycles. The van der Waals surface area contributed by atoms with Crippen LogP contribution in [0.2, 0.25) is 0 Å². The summed E-state index contributed by atoms with van der Waals surface area (Å²) in [6, 6.07) is 9.10. The first-order valence-electron chi connectivity index (χ1n) is 8.63. The molecule has 3 rings (SSSR count). The summed E-state index contributed by atoms with van der Waals surface area (Å²) in [7, 11) is -3.80. The van der Waals surface area contributed by atoms with E-state index >= 15 is 0 Å². The maximum atomic E-state index is 12.9. The molecule has 0 atom stereocenters. The smallest absolute Gasteiger partial charge is 0.368 e. The summed E-state index contributed by atoms with van der Waals surface area (Å²) in [6.07, 6.45) is -3.53. The second kappa shape index (κ2) is 7.54. The molecular weight excluding hydrogens is 411 g/mol. The summed E-state index contributed by atoms with van der Waals surface area (Å²) in [5.74, 6) is 0. The maximum absolute atomic E-state index is 12.9. The third-order valence-electron chi connectivity index (χ3n) is 4.72. The van der Waals surface area contributed by atoms with Gasteiger partial charge < -0.3 is 9.80 Å². The number of hydrogen-bond donors (Lipinski definition) is 0. The molecule has 0 aliphatic carbocycles. The average Bonchev–Trinajstić information content (AvgIpc) is 2.66. The lowest BCUT2D eigenvalue weighted by Gasteiger charge is -2.37. The fraction of sp³-hybridized carbons (Fsp3) is 0.333. The monoisotopic (exact) mass is 429 g/mol. The van der Waals surface area contributed by atoms with Crippen LogP contribution in [0.5, 0.6) is 0 Å². The fourth-order valence-electron chi connectivity index (χ4n) is 3.33. The molecule has 7 nitrogen and oxygen atoms in total. The summed E-state index contributed by atoms with van der Waals surface area (Å²) in [4.78, 5) is 13.9. The van der Waals surface area contributed by atoms with Gasteiger partial charge in [0, 0.05) is 38.1 Å². The molecule has 1 aliphatic rings. The summed E-state index contributed by atoms with van der Waals surface area (Å²) >= 11 is 0. The van der Waals surface area contributed by atoms with Crippen LogP contribution in [0.3, 0.4) is 0 Å². The lowest BCUT2D eigenvalue weighted by Crippen LogP contribution is -2.46. The number of benzene rings is 2. The van der Waals surface area contributed by atoms with E-state index < -0.39 is 32.2 Å². The summed E-state index contributed by atoms with van der Waals surface area (Å²) in [6.45, 7) is 1.26. The van der Waals surface area contributed by atoms with Crippen molar-refractivity contribution in [1.29, 1.82) is 0 Å². The third-order valence-corrected chi connectivity index (χ3v) is 5.85. The van der Waals surface area contributed by atoms with Crippen molar-refractivity contribution in [2.24, 2.45) is 0 Å². The summed E-state index contributed by atoms with van der Waals surface area (Å²) in [5, 5.41) is 11.5. The van der Waals surface area contributed by atoms with Crippen molar-refractivity contribution in [3.05, 3.63) is 58.1 Å². The van der Waals surface area contributed by atoms with Gasteiger partial charge in [0.25, 0.3) is 0 Å². The van der Waals surface area contributed by atoms with Gasteiger partial charge in [0.1, 0.15) is 10.6 Å². The van der Waals surface area contributed by atoms with E-state index in [-0.39, 0.29) is 10.6 Å². The van der Waals surface area contributed by atoms with Crippen molar-refractivity contribution < 1.29 is 26.5 Å².